The number of rotatable bonds is 4. The molecule has 0 amide bonds. The van der Waals surface area contributed by atoms with Gasteiger partial charge < -0.3 is 4.52 Å². The van der Waals surface area contributed by atoms with Gasteiger partial charge in [-0.3, -0.25) is 4.90 Å². The molecular formula is C13H22N2OS. The van der Waals surface area contributed by atoms with E-state index in [9.17, 15) is 0 Å². The molecule has 17 heavy (non-hydrogen) atoms. The van der Waals surface area contributed by atoms with Crippen LogP contribution in [0, 0.1) is 13.8 Å². The average molecular weight is 254 g/mol. The van der Waals surface area contributed by atoms with Crippen molar-refractivity contribution in [3.8, 4) is 0 Å². The van der Waals surface area contributed by atoms with E-state index in [4.69, 9.17) is 4.52 Å². The fraction of sp³-hybridized carbons (Fsp3) is 0.769. The molecule has 0 unspecified atom stereocenters. The molecule has 1 aliphatic carbocycles. The molecule has 0 bridgehead atoms. The van der Waals surface area contributed by atoms with Crippen molar-refractivity contribution in [2.24, 2.45) is 0 Å². The molecule has 4 heteroatoms. The van der Waals surface area contributed by atoms with Crippen molar-refractivity contribution in [1.82, 2.24) is 10.1 Å². The molecule has 2 atom stereocenters. The van der Waals surface area contributed by atoms with Gasteiger partial charge in [0.2, 0.25) is 0 Å². The Morgan fingerprint density at radius 1 is 1.41 bits per heavy atom. The van der Waals surface area contributed by atoms with Crippen molar-refractivity contribution in [3.63, 3.8) is 0 Å². The number of hydrogen-bond acceptors (Lipinski definition) is 4. The van der Waals surface area contributed by atoms with E-state index >= 15 is 0 Å². The molecule has 1 aliphatic rings. The van der Waals surface area contributed by atoms with Gasteiger partial charge in [-0.1, -0.05) is 11.6 Å². The summed E-state index contributed by atoms with van der Waals surface area (Å²) in [5.74, 6) is 0.966. The normalized spacial score (nSPS) is 24.8. The molecule has 1 heterocycles. The molecular weight excluding hydrogens is 232 g/mol. The summed E-state index contributed by atoms with van der Waals surface area (Å²) in [7, 11) is 2.23. The van der Waals surface area contributed by atoms with E-state index in [0.717, 1.165) is 23.2 Å². The fourth-order valence-corrected chi connectivity index (χ4v) is 3.84. The zero-order chi connectivity index (χ0) is 12.4. The monoisotopic (exact) mass is 254 g/mol. The lowest BCUT2D eigenvalue weighted by molar-refractivity contribution is 0.240. The minimum Gasteiger partial charge on any atom is -0.361 e. The van der Waals surface area contributed by atoms with E-state index < -0.39 is 0 Å². The van der Waals surface area contributed by atoms with Crippen molar-refractivity contribution in [3.05, 3.63) is 17.0 Å². The summed E-state index contributed by atoms with van der Waals surface area (Å²) in [6.45, 7) is 4.99. The van der Waals surface area contributed by atoms with Crippen LogP contribution in [0.25, 0.3) is 0 Å². The highest BCUT2D eigenvalue weighted by Gasteiger charge is 2.30. The van der Waals surface area contributed by atoms with Crippen LogP contribution in [0.15, 0.2) is 4.52 Å². The maximum absolute atomic E-state index is 5.23. The highest BCUT2D eigenvalue weighted by Crippen LogP contribution is 2.32. The van der Waals surface area contributed by atoms with E-state index in [0.29, 0.717) is 6.04 Å². The van der Waals surface area contributed by atoms with Crippen LogP contribution in [-0.2, 0) is 6.54 Å². The van der Waals surface area contributed by atoms with Gasteiger partial charge in [-0.25, -0.2) is 0 Å². The van der Waals surface area contributed by atoms with Crippen molar-refractivity contribution in [2.75, 3.05) is 13.3 Å². The van der Waals surface area contributed by atoms with Gasteiger partial charge in [-0.2, -0.15) is 11.8 Å². The predicted molar refractivity (Wildman–Crippen MR) is 72.4 cm³/mol. The van der Waals surface area contributed by atoms with Gasteiger partial charge in [0.1, 0.15) is 5.76 Å². The number of aromatic nitrogens is 1. The summed E-state index contributed by atoms with van der Waals surface area (Å²) in [4.78, 5) is 2.47. The van der Waals surface area contributed by atoms with Crippen LogP contribution in [0.2, 0.25) is 0 Å². The molecule has 1 aromatic heterocycles. The van der Waals surface area contributed by atoms with Gasteiger partial charge in [0, 0.05) is 23.4 Å². The summed E-state index contributed by atoms with van der Waals surface area (Å²) >= 11 is 2.01. The third kappa shape index (κ3) is 2.68. The molecule has 3 nitrogen and oxygen atoms in total. The molecule has 0 aliphatic heterocycles. The Morgan fingerprint density at radius 2 is 2.18 bits per heavy atom. The van der Waals surface area contributed by atoms with E-state index in [1.54, 1.807) is 0 Å². The number of thioether (sulfide) groups is 1. The Kier molecular flexibility index (Phi) is 4.15. The third-order valence-corrected chi connectivity index (χ3v) is 5.03. The summed E-state index contributed by atoms with van der Waals surface area (Å²) in [5, 5.41) is 4.82. The van der Waals surface area contributed by atoms with Crippen LogP contribution in [0.1, 0.15) is 36.3 Å². The second-order valence-electron chi connectivity index (χ2n) is 4.99. The van der Waals surface area contributed by atoms with Crippen LogP contribution in [-0.4, -0.2) is 34.7 Å². The second kappa shape index (κ2) is 5.44. The smallest absolute Gasteiger partial charge is 0.138 e. The molecule has 0 N–H and O–H groups in total. The topological polar surface area (TPSA) is 29.3 Å². The molecule has 0 radical (unpaired) electrons. The largest absolute Gasteiger partial charge is 0.361 e. The van der Waals surface area contributed by atoms with Crippen molar-refractivity contribution >= 4 is 11.8 Å². The number of hydrogen-bond donors (Lipinski definition) is 0. The molecule has 0 saturated heterocycles. The Balaban J connectivity index is 2.04. The lowest BCUT2D eigenvalue weighted by Crippen LogP contribution is -2.35. The number of aryl methyl sites for hydroxylation is 2. The van der Waals surface area contributed by atoms with Crippen molar-refractivity contribution in [1.29, 1.82) is 0 Å². The molecule has 0 aromatic carbocycles. The van der Waals surface area contributed by atoms with Gasteiger partial charge in [0.25, 0.3) is 0 Å². The van der Waals surface area contributed by atoms with E-state index in [2.05, 4.69) is 23.4 Å². The van der Waals surface area contributed by atoms with Gasteiger partial charge in [-0.05, 0) is 40.0 Å². The lowest BCUT2D eigenvalue weighted by atomic mass is 10.1. The van der Waals surface area contributed by atoms with Crippen molar-refractivity contribution in [2.45, 2.75) is 50.9 Å². The fourth-order valence-electron chi connectivity index (χ4n) is 2.78. The first-order valence-corrected chi connectivity index (χ1v) is 7.57. The van der Waals surface area contributed by atoms with Crippen LogP contribution in [0.5, 0.6) is 0 Å². The molecule has 96 valence electrons. The van der Waals surface area contributed by atoms with Gasteiger partial charge in [0.15, 0.2) is 0 Å². The quantitative estimate of drug-likeness (QED) is 0.826. The first-order valence-electron chi connectivity index (χ1n) is 6.28. The maximum Gasteiger partial charge on any atom is 0.138 e. The summed E-state index contributed by atoms with van der Waals surface area (Å²) in [6.07, 6.45) is 6.28. The average Bonchev–Trinajstić information content (AvgIpc) is 2.90. The summed E-state index contributed by atoms with van der Waals surface area (Å²) < 4.78 is 5.23. The van der Waals surface area contributed by atoms with E-state index in [-0.39, 0.29) is 0 Å². The number of nitrogens with zero attached hydrogens (tertiary/aromatic N) is 2. The van der Waals surface area contributed by atoms with E-state index in [1.165, 1.54) is 24.8 Å². The molecule has 1 saturated carbocycles. The van der Waals surface area contributed by atoms with Gasteiger partial charge >= 0.3 is 0 Å². The van der Waals surface area contributed by atoms with E-state index in [1.807, 2.05) is 25.6 Å². The van der Waals surface area contributed by atoms with Gasteiger partial charge in [0.05, 0.1) is 5.69 Å². The predicted octanol–water partition coefficient (Wildman–Crippen LogP) is 3.01. The third-order valence-electron chi connectivity index (χ3n) is 3.88. The molecule has 0 spiro atoms. The maximum atomic E-state index is 5.23. The highest BCUT2D eigenvalue weighted by molar-refractivity contribution is 7.99. The highest BCUT2D eigenvalue weighted by atomic mass is 32.2. The zero-order valence-corrected chi connectivity index (χ0v) is 12.0. The Morgan fingerprint density at radius 3 is 2.76 bits per heavy atom. The summed E-state index contributed by atoms with van der Waals surface area (Å²) in [6, 6.07) is 0.707. The minimum absolute atomic E-state index is 0.707. The first-order chi connectivity index (χ1) is 8.13. The Bertz CT molecular complexity index is 358. The SMILES string of the molecule is CS[C@@H]1CCC[C@@H]1N(C)Cc1c(C)noc1C. The Hall–Kier alpha value is -0.480. The lowest BCUT2D eigenvalue weighted by Gasteiger charge is -2.28. The van der Waals surface area contributed by atoms with Gasteiger partial charge in [-0.15, -0.1) is 0 Å². The first kappa shape index (κ1) is 13.0. The van der Waals surface area contributed by atoms with Crippen LogP contribution >= 0.6 is 11.8 Å². The van der Waals surface area contributed by atoms with Crippen molar-refractivity contribution < 1.29 is 4.52 Å². The van der Waals surface area contributed by atoms with Crippen LogP contribution in [0.4, 0.5) is 0 Å². The Labute approximate surface area is 108 Å². The second-order valence-corrected chi connectivity index (χ2v) is 6.07. The zero-order valence-electron chi connectivity index (χ0n) is 11.2. The summed E-state index contributed by atoms with van der Waals surface area (Å²) in [5.41, 5.74) is 2.30. The van der Waals surface area contributed by atoms with Crippen LogP contribution in [0.3, 0.4) is 0 Å². The minimum atomic E-state index is 0.707. The molecule has 2 rings (SSSR count). The van der Waals surface area contributed by atoms with Crippen LogP contribution < -0.4 is 0 Å². The molecule has 1 aromatic rings. The molecule has 1 fully saturated rings. The standard InChI is InChI=1S/C13H22N2OS/c1-9-11(10(2)16-14-9)8-15(3)12-6-5-7-13(12)17-4/h12-13H,5-8H2,1-4H3/t12-,13+/m0/s1.